The van der Waals surface area contributed by atoms with Crippen molar-refractivity contribution in [1.82, 2.24) is 5.32 Å². The average Bonchev–Trinajstić information content (AvgIpc) is 2.32. The van der Waals surface area contributed by atoms with Gasteiger partial charge >= 0.3 is 6.61 Å². The van der Waals surface area contributed by atoms with Crippen LogP contribution in [0.4, 0.5) is 14.5 Å². The van der Waals surface area contributed by atoms with Crippen LogP contribution in [0.2, 0.25) is 5.02 Å². The molecule has 19 heavy (non-hydrogen) atoms. The van der Waals surface area contributed by atoms with Crippen LogP contribution < -0.4 is 15.4 Å². The summed E-state index contributed by atoms with van der Waals surface area (Å²) in [7, 11) is 1.58. The van der Waals surface area contributed by atoms with E-state index in [1.807, 2.05) is 0 Å². The van der Waals surface area contributed by atoms with E-state index in [9.17, 15) is 8.78 Å². The largest absolute Gasteiger partial charge is 0.433 e. The predicted octanol–water partition coefficient (Wildman–Crippen LogP) is 2.87. The first-order valence-electron chi connectivity index (χ1n) is 5.31. The number of thiocarbonyl (C=S) groups is 1. The lowest BCUT2D eigenvalue weighted by molar-refractivity contribution is -0.0497. The van der Waals surface area contributed by atoms with E-state index >= 15 is 0 Å². The molecule has 1 rings (SSSR count). The number of anilines is 1. The molecule has 0 atom stereocenters. The van der Waals surface area contributed by atoms with Crippen LogP contribution in [0.25, 0.3) is 0 Å². The van der Waals surface area contributed by atoms with E-state index in [2.05, 4.69) is 15.4 Å². The molecule has 1 aromatic carbocycles. The second-order valence-electron chi connectivity index (χ2n) is 3.40. The van der Waals surface area contributed by atoms with E-state index in [-0.39, 0.29) is 10.8 Å². The Bertz CT molecular complexity index is 435. The fraction of sp³-hybridized carbons (Fsp3) is 0.364. The van der Waals surface area contributed by atoms with Gasteiger partial charge < -0.3 is 20.1 Å². The van der Waals surface area contributed by atoms with Crippen molar-refractivity contribution in [2.75, 3.05) is 25.6 Å². The lowest BCUT2D eigenvalue weighted by Crippen LogP contribution is -2.31. The molecule has 0 amide bonds. The number of hydrogen-bond donors (Lipinski definition) is 2. The van der Waals surface area contributed by atoms with Crippen LogP contribution in [0, 0.1) is 0 Å². The zero-order chi connectivity index (χ0) is 14.3. The van der Waals surface area contributed by atoms with Crippen molar-refractivity contribution in [3.63, 3.8) is 0 Å². The number of hydrogen-bond acceptors (Lipinski definition) is 3. The van der Waals surface area contributed by atoms with Crippen LogP contribution >= 0.6 is 23.8 Å². The van der Waals surface area contributed by atoms with E-state index in [1.165, 1.54) is 18.2 Å². The lowest BCUT2D eigenvalue weighted by atomic mass is 10.3. The third-order valence-corrected chi connectivity index (χ3v) is 2.54. The average molecular weight is 311 g/mol. The number of ether oxygens (including phenoxy) is 2. The second-order valence-corrected chi connectivity index (χ2v) is 4.21. The minimum Gasteiger partial charge on any atom is -0.433 e. The smallest absolute Gasteiger partial charge is 0.387 e. The highest BCUT2D eigenvalue weighted by molar-refractivity contribution is 7.80. The van der Waals surface area contributed by atoms with Crippen molar-refractivity contribution in [3.05, 3.63) is 23.2 Å². The molecule has 0 aliphatic carbocycles. The van der Waals surface area contributed by atoms with Crippen LogP contribution in [-0.2, 0) is 4.74 Å². The molecule has 0 saturated carbocycles. The third-order valence-electron chi connectivity index (χ3n) is 2.00. The topological polar surface area (TPSA) is 42.5 Å². The van der Waals surface area contributed by atoms with Crippen molar-refractivity contribution in [3.8, 4) is 5.75 Å². The first kappa shape index (κ1) is 15.9. The Hall–Kier alpha value is -1.18. The summed E-state index contributed by atoms with van der Waals surface area (Å²) >= 11 is 10.8. The van der Waals surface area contributed by atoms with Crippen molar-refractivity contribution in [2.24, 2.45) is 0 Å². The zero-order valence-corrected chi connectivity index (χ0v) is 11.7. The quantitative estimate of drug-likeness (QED) is 0.625. The summed E-state index contributed by atoms with van der Waals surface area (Å²) in [5.74, 6) is -0.0829. The van der Waals surface area contributed by atoms with Crippen LogP contribution in [0.5, 0.6) is 5.75 Å². The van der Waals surface area contributed by atoms with E-state index in [1.54, 1.807) is 7.11 Å². The summed E-state index contributed by atoms with van der Waals surface area (Å²) in [5, 5.41) is 6.22. The number of alkyl halides is 2. The normalized spacial score (nSPS) is 10.4. The van der Waals surface area contributed by atoms with Gasteiger partial charge in [-0.25, -0.2) is 0 Å². The lowest BCUT2D eigenvalue weighted by Gasteiger charge is -2.12. The second kappa shape index (κ2) is 8.08. The van der Waals surface area contributed by atoms with E-state index in [0.717, 1.165) is 0 Å². The molecule has 0 spiro atoms. The summed E-state index contributed by atoms with van der Waals surface area (Å²) in [4.78, 5) is 0. The number of halogens is 3. The maximum absolute atomic E-state index is 12.0. The SMILES string of the molecule is COCCNC(=S)Nc1ccc(OC(F)F)c(Cl)c1. The Morgan fingerprint density at radius 2 is 2.21 bits per heavy atom. The van der Waals surface area contributed by atoms with Gasteiger partial charge in [-0.2, -0.15) is 8.78 Å². The highest BCUT2D eigenvalue weighted by Gasteiger charge is 2.09. The molecule has 0 saturated heterocycles. The minimum absolute atomic E-state index is 0.0741. The molecule has 0 aliphatic heterocycles. The van der Waals surface area contributed by atoms with E-state index in [0.29, 0.717) is 24.0 Å². The number of rotatable bonds is 6. The van der Waals surface area contributed by atoms with Gasteiger partial charge in [-0.3, -0.25) is 0 Å². The molecule has 0 aromatic heterocycles. The summed E-state index contributed by atoms with van der Waals surface area (Å²) in [6.07, 6.45) is 0. The molecule has 106 valence electrons. The van der Waals surface area contributed by atoms with Crippen molar-refractivity contribution < 1.29 is 18.3 Å². The number of nitrogens with one attached hydrogen (secondary N) is 2. The van der Waals surface area contributed by atoms with Gasteiger partial charge in [0.15, 0.2) is 5.11 Å². The van der Waals surface area contributed by atoms with Crippen LogP contribution in [-0.4, -0.2) is 32.0 Å². The van der Waals surface area contributed by atoms with Gasteiger partial charge in [0.05, 0.1) is 11.6 Å². The van der Waals surface area contributed by atoms with Crippen LogP contribution in [0.3, 0.4) is 0 Å². The van der Waals surface area contributed by atoms with Gasteiger partial charge in [-0.15, -0.1) is 0 Å². The maximum atomic E-state index is 12.0. The molecule has 0 aliphatic rings. The van der Waals surface area contributed by atoms with E-state index < -0.39 is 6.61 Å². The Balaban J connectivity index is 2.55. The molecular formula is C11H13ClF2N2O2S. The standard InChI is InChI=1S/C11H13ClF2N2O2S/c1-17-5-4-15-11(19)16-7-2-3-9(8(12)6-7)18-10(13)14/h2-3,6,10H,4-5H2,1H3,(H2,15,16,19). The number of benzene rings is 1. The first-order valence-corrected chi connectivity index (χ1v) is 6.09. The van der Waals surface area contributed by atoms with Gasteiger partial charge in [0.25, 0.3) is 0 Å². The van der Waals surface area contributed by atoms with Gasteiger partial charge in [0.2, 0.25) is 0 Å². The van der Waals surface area contributed by atoms with Gasteiger partial charge in [-0.05, 0) is 30.4 Å². The van der Waals surface area contributed by atoms with Crippen LogP contribution in [0.1, 0.15) is 0 Å². The Labute approximate surface area is 120 Å². The Morgan fingerprint density at radius 3 is 2.79 bits per heavy atom. The highest BCUT2D eigenvalue weighted by Crippen LogP contribution is 2.28. The summed E-state index contributed by atoms with van der Waals surface area (Å²) < 4.78 is 33.2. The minimum atomic E-state index is -2.91. The molecular weight excluding hydrogens is 298 g/mol. The molecule has 0 heterocycles. The molecule has 0 fully saturated rings. The monoisotopic (exact) mass is 310 g/mol. The fourth-order valence-corrected chi connectivity index (χ4v) is 1.66. The zero-order valence-electron chi connectivity index (χ0n) is 10.1. The van der Waals surface area contributed by atoms with Gasteiger partial charge in [0, 0.05) is 19.3 Å². The molecule has 0 unspecified atom stereocenters. The fourth-order valence-electron chi connectivity index (χ4n) is 1.21. The highest BCUT2D eigenvalue weighted by atomic mass is 35.5. The molecule has 1 aromatic rings. The molecule has 0 radical (unpaired) electrons. The summed E-state index contributed by atoms with van der Waals surface area (Å²) in [5.41, 5.74) is 0.571. The Morgan fingerprint density at radius 1 is 1.47 bits per heavy atom. The van der Waals surface area contributed by atoms with Crippen molar-refractivity contribution in [2.45, 2.75) is 6.61 Å². The van der Waals surface area contributed by atoms with Gasteiger partial charge in [-0.1, -0.05) is 11.6 Å². The maximum Gasteiger partial charge on any atom is 0.387 e. The summed E-state index contributed by atoms with van der Waals surface area (Å²) in [6.45, 7) is -1.83. The third kappa shape index (κ3) is 6.00. The van der Waals surface area contributed by atoms with Crippen molar-refractivity contribution in [1.29, 1.82) is 0 Å². The first-order chi connectivity index (χ1) is 9.02. The Kier molecular flexibility index (Phi) is 6.75. The van der Waals surface area contributed by atoms with Crippen LogP contribution in [0.15, 0.2) is 18.2 Å². The van der Waals surface area contributed by atoms with Crippen molar-refractivity contribution >= 4 is 34.6 Å². The number of methoxy groups -OCH3 is 1. The van der Waals surface area contributed by atoms with Gasteiger partial charge in [0.1, 0.15) is 5.75 Å². The van der Waals surface area contributed by atoms with E-state index in [4.69, 9.17) is 28.6 Å². The molecule has 8 heteroatoms. The molecule has 4 nitrogen and oxygen atoms in total. The summed E-state index contributed by atoms with van der Waals surface area (Å²) in [6, 6.07) is 4.33. The molecule has 2 N–H and O–H groups in total. The molecule has 0 bridgehead atoms. The predicted molar refractivity (Wildman–Crippen MR) is 74.2 cm³/mol.